The molecule has 0 fully saturated rings. The van der Waals surface area contributed by atoms with Crippen LogP contribution in [0.15, 0.2) is 51.7 Å². The number of phenolic OH excluding ortho intramolecular Hbond substituents is 1. The summed E-state index contributed by atoms with van der Waals surface area (Å²) in [5.41, 5.74) is 0.230. The van der Waals surface area contributed by atoms with Gasteiger partial charge in [-0.05, 0) is 24.3 Å². The molecule has 3 aromatic rings. The first-order chi connectivity index (χ1) is 11.5. The summed E-state index contributed by atoms with van der Waals surface area (Å²) in [6.07, 6.45) is 0. The Morgan fingerprint density at radius 3 is 2.42 bits per heavy atom. The van der Waals surface area contributed by atoms with Gasteiger partial charge in [0.1, 0.15) is 28.2 Å². The van der Waals surface area contributed by atoms with Gasteiger partial charge in [-0.25, -0.2) is 4.52 Å². The highest BCUT2D eigenvalue weighted by molar-refractivity contribution is 7.32. The molecule has 0 amide bonds. The number of rotatable bonds is 4. The third-order valence-electron chi connectivity index (χ3n) is 3.34. The third-order valence-corrected chi connectivity index (χ3v) is 3.71. The number of methoxy groups -OCH3 is 1. The van der Waals surface area contributed by atoms with Crippen LogP contribution in [0.1, 0.15) is 0 Å². The zero-order valence-electron chi connectivity index (χ0n) is 12.4. The Bertz CT molecular complexity index is 976. The van der Waals surface area contributed by atoms with E-state index in [1.165, 1.54) is 12.1 Å². The molecule has 24 heavy (non-hydrogen) atoms. The Hall–Kier alpha value is -2.89. The summed E-state index contributed by atoms with van der Waals surface area (Å²) in [5.74, 6) is 0.454. The normalized spacial score (nSPS) is 11.3. The van der Waals surface area contributed by atoms with Crippen LogP contribution in [0.4, 0.5) is 0 Å². The molecule has 0 aliphatic carbocycles. The average Bonchev–Trinajstić information content (AvgIpc) is 2.53. The molecule has 0 bridgehead atoms. The van der Waals surface area contributed by atoms with Crippen molar-refractivity contribution in [3.63, 3.8) is 0 Å². The molecule has 0 spiro atoms. The van der Waals surface area contributed by atoms with Gasteiger partial charge < -0.3 is 14.3 Å². The molecule has 8 heteroatoms. The van der Waals surface area contributed by atoms with E-state index in [0.717, 1.165) is 6.07 Å². The number of aromatic hydroxyl groups is 1. The van der Waals surface area contributed by atoms with Crippen LogP contribution in [-0.2, 0) is 4.57 Å². The Morgan fingerprint density at radius 2 is 1.79 bits per heavy atom. The monoisotopic (exact) mass is 347 g/mol. The number of phenols is 1. The van der Waals surface area contributed by atoms with Gasteiger partial charge in [0.25, 0.3) is 0 Å². The molecule has 1 atom stereocenters. The Labute approximate surface area is 136 Å². The molecule has 1 heterocycles. The number of benzene rings is 2. The van der Waals surface area contributed by atoms with E-state index in [0.29, 0.717) is 11.3 Å². The van der Waals surface area contributed by atoms with Crippen molar-refractivity contribution in [3.8, 4) is 28.6 Å². The molecule has 0 radical (unpaired) electrons. The predicted octanol–water partition coefficient (Wildman–Crippen LogP) is 3.20. The van der Waals surface area contributed by atoms with Crippen molar-refractivity contribution in [1.82, 2.24) is 0 Å². The van der Waals surface area contributed by atoms with Gasteiger partial charge >= 0.3 is 8.25 Å². The fraction of sp³-hybridized carbons (Fsp3) is 0.0625. The minimum absolute atomic E-state index is 0.0345. The summed E-state index contributed by atoms with van der Waals surface area (Å²) in [4.78, 5) is 21.1. The lowest BCUT2D eigenvalue weighted by Gasteiger charge is -2.06. The van der Waals surface area contributed by atoms with Crippen molar-refractivity contribution in [3.05, 3.63) is 52.7 Å². The van der Waals surface area contributed by atoms with Crippen LogP contribution in [0.3, 0.4) is 0 Å². The van der Waals surface area contributed by atoms with Gasteiger partial charge in [-0.15, -0.1) is 4.89 Å². The molecule has 0 aliphatic rings. The van der Waals surface area contributed by atoms with E-state index < -0.39 is 19.4 Å². The summed E-state index contributed by atoms with van der Waals surface area (Å²) in [5, 5.41) is 9.91. The van der Waals surface area contributed by atoms with E-state index in [1.54, 1.807) is 31.4 Å². The summed E-state index contributed by atoms with van der Waals surface area (Å²) in [7, 11) is -1.36. The van der Waals surface area contributed by atoms with Gasteiger partial charge in [0.2, 0.25) is 0 Å². The first kappa shape index (κ1) is 16.0. The lowest BCUT2D eigenvalue weighted by atomic mass is 10.1. The summed E-state index contributed by atoms with van der Waals surface area (Å²) in [6.45, 7) is 0. The van der Waals surface area contributed by atoms with Gasteiger partial charge in [0.15, 0.2) is 11.2 Å². The van der Waals surface area contributed by atoms with Crippen molar-refractivity contribution in [2.45, 2.75) is 0 Å². The quantitative estimate of drug-likeness (QED) is 0.698. The van der Waals surface area contributed by atoms with E-state index in [9.17, 15) is 14.5 Å². The molecule has 3 rings (SSSR count). The standard InChI is InChI=1S/C16H11O7P/c1-21-10-4-2-9(3-5-10)14-8-13(18)16-12(17)6-11(23-24(19)20)7-15(16)22-14/h2-8H,1H3,(H-,17,18,19,20)/p+1. The molecule has 0 aliphatic heterocycles. The lowest BCUT2D eigenvalue weighted by Crippen LogP contribution is -2.01. The Kier molecular flexibility index (Phi) is 4.20. The van der Waals surface area contributed by atoms with Gasteiger partial charge in [-0.1, -0.05) is 0 Å². The van der Waals surface area contributed by atoms with Gasteiger partial charge in [0.05, 0.1) is 7.11 Å². The maximum atomic E-state index is 12.3. The Balaban J connectivity index is 2.16. The zero-order chi connectivity index (χ0) is 17.3. The smallest absolute Gasteiger partial charge is 0.507 e. The number of hydrogen-bond acceptors (Lipinski definition) is 6. The molecule has 1 aromatic heterocycles. The molecule has 1 unspecified atom stereocenters. The summed E-state index contributed by atoms with van der Waals surface area (Å²) >= 11 is 0. The van der Waals surface area contributed by atoms with Crippen molar-refractivity contribution >= 4 is 19.2 Å². The van der Waals surface area contributed by atoms with Gasteiger partial charge in [-0.2, -0.15) is 0 Å². The molecule has 7 nitrogen and oxygen atoms in total. The predicted molar refractivity (Wildman–Crippen MR) is 86.6 cm³/mol. The first-order valence-electron chi connectivity index (χ1n) is 6.77. The molecule has 0 saturated carbocycles. The average molecular weight is 347 g/mol. The molecule has 122 valence electrons. The van der Waals surface area contributed by atoms with E-state index in [4.69, 9.17) is 14.0 Å². The molecule has 2 aromatic carbocycles. The van der Waals surface area contributed by atoms with E-state index >= 15 is 0 Å². The van der Waals surface area contributed by atoms with Crippen LogP contribution in [0.5, 0.6) is 17.2 Å². The van der Waals surface area contributed by atoms with Crippen LogP contribution in [0, 0.1) is 0 Å². The second kappa shape index (κ2) is 6.31. The molecular formula is C16H12O7P+. The minimum Gasteiger partial charge on any atom is -0.507 e. The van der Waals surface area contributed by atoms with Gasteiger partial charge in [0, 0.05) is 28.3 Å². The van der Waals surface area contributed by atoms with Crippen molar-refractivity contribution in [1.29, 1.82) is 0 Å². The second-order valence-corrected chi connectivity index (χ2v) is 5.51. The summed E-state index contributed by atoms with van der Waals surface area (Å²) in [6, 6.07) is 10.5. The van der Waals surface area contributed by atoms with E-state index in [1.807, 2.05) is 0 Å². The van der Waals surface area contributed by atoms with Crippen molar-refractivity contribution in [2.75, 3.05) is 7.11 Å². The molecule has 2 N–H and O–H groups in total. The SMILES string of the molecule is COc1ccc(-c2cc(=O)c3c(O)cc(O[P+](=O)O)cc3o2)cc1. The van der Waals surface area contributed by atoms with E-state index in [2.05, 4.69) is 4.52 Å². The van der Waals surface area contributed by atoms with Crippen molar-refractivity contribution < 1.29 is 28.2 Å². The van der Waals surface area contributed by atoms with Gasteiger partial charge in [-0.3, -0.25) is 4.79 Å². The highest BCUT2D eigenvalue weighted by Gasteiger charge is 2.19. The van der Waals surface area contributed by atoms with E-state index in [-0.39, 0.29) is 22.5 Å². The molecular weight excluding hydrogens is 335 g/mol. The zero-order valence-corrected chi connectivity index (χ0v) is 13.3. The van der Waals surface area contributed by atoms with Crippen LogP contribution in [0.2, 0.25) is 0 Å². The topological polar surface area (TPSA) is 106 Å². The third kappa shape index (κ3) is 3.08. The minimum atomic E-state index is -2.90. The summed E-state index contributed by atoms with van der Waals surface area (Å²) < 4.78 is 26.1. The van der Waals surface area contributed by atoms with Crippen LogP contribution >= 0.6 is 8.25 Å². The fourth-order valence-electron chi connectivity index (χ4n) is 2.28. The van der Waals surface area contributed by atoms with Crippen LogP contribution in [-0.4, -0.2) is 17.1 Å². The highest BCUT2D eigenvalue weighted by atomic mass is 31.1. The van der Waals surface area contributed by atoms with Crippen molar-refractivity contribution in [2.24, 2.45) is 0 Å². The number of ether oxygens (including phenoxy) is 1. The van der Waals surface area contributed by atoms with Crippen LogP contribution < -0.4 is 14.7 Å². The van der Waals surface area contributed by atoms with Crippen LogP contribution in [0.25, 0.3) is 22.3 Å². The fourth-order valence-corrected chi connectivity index (χ4v) is 2.57. The Morgan fingerprint density at radius 1 is 1.08 bits per heavy atom. The molecule has 0 saturated heterocycles. The highest BCUT2D eigenvalue weighted by Crippen LogP contribution is 2.34. The maximum Gasteiger partial charge on any atom is 0.747 e. The first-order valence-corrected chi connectivity index (χ1v) is 7.90. The second-order valence-electron chi connectivity index (χ2n) is 4.85. The number of fused-ring (bicyclic) bond motifs is 1. The maximum absolute atomic E-state index is 12.3. The lowest BCUT2D eigenvalue weighted by molar-refractivity contribution is 0.408. The largest absolute Gasteiger partial charge is 0.747 e. The number of hydrogen-bond donors (Lipinski definition) is 2.